The average Bonchev–Trinajstić information content (AvgIpc) is 2.47. The Morgan fingerprint density at radius 2 is 2.15 bits per heavy atom. The Labute approximate surface area is 126 Å². The number of aromatic nitrogens is 1. The van der Waals surface area contributed by atoms with Gasteiger partial charge < -0.3 is 10.6 Å². The van der Waals surface area contributed by atoms with Crippen LogP contribution >= 0.6 is 15.9 Å². The average molecular weight is 334 g/mol. The molecule has 0 aliphatic heterocycles. The topological polar surface area (TPSA) is 54.0 Å². The summed E-state index contributed by atoms with van der Waals surface area (Å²) in [6.45, 7) is 2.08. The third-order valence-corrected chi connectivity index (χ3v) is 3.36. The van der Waals surface area contributed by atoms with Crippen molar-refractivity contribution >= 4 is 33.3 Å². The van der Waals surface area contributed by atoms with Gasteiger partial charge in [0.05, 0.1) is 5.56 Å². The molecule has 0 fully saturated rings. The minimum absolute atomic E-state index is 0.184. The monoisotopic (exact) mass is 333 g/mol. The van der Waals surface area contributed by atoms with Crippen molar-refractivity contribution in [2.24, 2.45) is 0 Å². The van der Waals surface area contributed by atoms with Gasteiger partial charge in [0.2, 0.25) is 0 Å². The summed E-state index contributed by atoms with van der Waals surface area (Å²) in [5.41, 5.74) is 2.48. The molecule has 0 radical (unpaired) electrons. The first kappa shape index (κ1) is 14.5. The van der Waals surface area contributed by atoms with Crippen LogP contribution in [-0.2, 0) is 6.42 Å². The van der Waals surface area contributed by atoms with Crippen LogP contribution in [0.25, 0.3) is 0 Å². The molecule has 2 rings (SSSR count). The molecule has 104 valence electrons. The number of pyridine rings is 1. The van der Waals surface area contributed by atoms with Crippen LogP contribution in [0.5, 0.6) is 0 Å². The zero-order valence-electron chi connectivity index (χ0n) is 11.4. The minimum atomic E-state index is -0.184. The molecule has 0 atom stereocenters. The third-order valence-electron chi connectivity index (χ3n) is 2.93. The van der Waals surface area contributed by atoms with Crippen LogP contribution in [0.1, 0.15) is 22.8 Å². The molecule has 2 aromatic rings. The lowest BCUT2D eigenvalue weighted by Crippen LogP contribution is -2.15. The lowest BCUT2D eigenvalue weighted by Gasteiger charge is -2.10. The molecule has 2 N–H and O–H groups in total. The number of carbonyl (C=O) groups excluding carboxylic acids is 1. The van der Waals surface area contributed by atoms with E-state index in [2.05, 4.69) is 38.5 Å². The number of rotatable bonds is 4. The van der Waals surface area contributed by atoms with E-state index in [1.165, 1.54) is 5.56 Å². The maximum Gasteiger partial charge on any atom is 0.259 e. The third kappa shape index (κ3) is 3.36. The van der Waals surface area contributed by atoms with Gasteiger partial charge in [0, 0.05) is 23.4 Å². The fourth-order valence-electron chi connectivity index (χ4n) is 1.88. The Bertz CT molecular complexity index is 628. The predicted molar refractivity (Wildman–Crippen MR) is 85.3 cm³/mol. The first-order valence-corrected chi connectivity index (χ1v) is 7.17. The molecule has 0 saturated heterocycles. The molecule has 20 heavy (non-hydrogen) atoms. The van der Waals surface area contributed by atoms with Crippen molar-refractivity contribution in [1.82, 2.24) is 4.98 Å². The van der Waals surface area contributed by atoms with E-state index in [0.29, 0.717) is 11.4 Å². The Morgan fingerprint density at radius 3 is 2.85 bits per heavy atom. The quantitative estimate of drug-likeness (QED) is 0.896. The molecule has 0 bridgehead atoms. The summed E-state index contributed by atoms with van der Waals surface area (Å²) in [5, 5.41) is 5.81. The molecule has 1 amide bonds. The summed E-state index contributed by atoms with van der Waals surface area (Å²) < 4.78 is 0.768. The van der Waals surface area contributed by atoms with Crippen LogP contribution in [0, 0.1) is 0 Å². The number of hydrogen-bond donors (Lipinski definition) is 2. The first-order chi connectivity index (χ1) is 9.63. The summed E-state index contributed by atoms with van der Waals surface area (Å²) in [6, 6.07) is 9.57. The van der Waals surface area contributed by atoms with Gasteiger partial charge in [-0.25, -0.2) is 4.98 Å². The van der Waals surface area contributed by atoms with Crippen molar-refractivity contribution in [3.63, 3.8) is 0 Å². The highest BCUT2D eigenvalue weighted by Crippen LogP contribution is 2.20. The summed E-state index contributed by atoms with van der Waals surface area (Å²) >= 11 is 3.33. The Morgan fingerprint density at radius 1 is 1.35 bits per heavy atom. The second kappa shape index (κ2) is 6.52. The van der Waals surface area contributed by atoms with E-state index >= 15 is 0 Å². The van der Waals surface area contributed by atoms with E-state index in [1.807, 2.05) is 24.3 Å². The zero-order chi connectivity index (χ0) is 14.5. The van der Waals surface area contributed by atoms with Crippen LogP contribution in [0.4, 0.5) is 11.5 Å². The van der Waals surface area contributed by atoms with Gasteiger partial charge in [-0.3, -0.25) is 4.79 Å². The van der Waals surface area contributed by atoms with Crippen LogP contribution in [-0.4, -0.2) is 17.9 Å². The molecule has 0 saturated carbocycles. The number of amides is 1. The van der Waals surface area contributed by atoms with Crippen molar-refractivity contribution in [2.75, 3.05) is 17.7 Å². The highest BCUT2D eigenvalue weighted by molar-refractivity contribution is 9.10. The van der Waals surface area contributed by atoms with Crippen LogP contribution in [0.15, 0.2) is 41.0 Å². The number of nitrogens with zero attached hydrogens (tertiary/aromatic N) is 1. The van der Waals surface area contributed by atoms with Gasteiger partial charge >= 0.3 is 0 Å². The van der Waals surface area contributed by atoms with Crippen LogP contribution in [0.3, 0.4) is 0 Å². The van der Waals surface area contributed by atoms with Gasteiger partial charge in [-0.05, 0) is 46.1 Å². The van der Waals surface area contributed by atoms with Gasteiger partial charge in [0.25, 0.3) is 5.91 Å². The van der Waals surface area contributed by atoms with E-state index in [1.54, 1.807) is 19.3 Å². The smallest absolute Gasteiger partial charge is 0.259 e. The molecule has 0 aliphatic carbocycles. The highest BCUT2D eigenvalue weighted by atomic mass is 79.9. The Balaban J connectivity index is 2.25. The van der Waals surface area contributed by atoms with Gasteiger partial charge in [0.15, 0.2) is 0 Å². The van der Waals surface area contributed by atoms with E-state index in [9.17, 15) is 4.79 Å². The number of benzene rings is 1. The summed E-state index contributed by atoms with van der Waals surface area (Å²) in [5.74, 6) is 0.369. The number of carbonyl (C=O) groups is 1. The highest BCUT2D eigenvalue weighted by Gasteiger charge is 2.13. The Kier molecular flexibility index (Phi) is 4.74. The van der Waals surface area contributed by atoms with Gasteiger partial charge in [-0.1, -0.05) is 19.1 Å². The zero-order valence-corrected chi connectivity index (χ0v) is 13.0. The van der Waals surface area contributed by atoms with E-state index in [-0.39, 0.29) is 5.91 Å². The molecular weight excluding hydrogens is 318 g/mol. The fraction of sp³-hybridized carbons (Fsp3) is 0.200. The minimum Gasteiger partial charge on any atom is -0.372 e. The normalized spacial score (nSPS) is 10.2. The molecule has 5 heteroatoms. The van der Waals surface area contributed by atoms with E-state index in [0.717, 1.165) is 16.6 Å². The first-order valence-electron chi connectivity index (χ1n) is 6.37. The SMILES string of the molecule is CCc1cccc(NC(=O)c2cc(Br)cnc2NC)c1. The van der Waals surface area contributed by atoms with Gasteiger partial charge in [0.1, 0.15) is 5.82 Å². The Hall–Kier alpha value is -1.88. The summed E-state index contributed by atoms with van der Waals surface area (Å²) in [7, 11) is 1.74. The second-order valence-corrected chi connectivity index (χ2v) is 5.22. The largest absolute Gasteiger partial charge is 0.372 e. The molecule has 0 aliphatic rings. The standard InChI is InChI=1S/C15H16BrN3O/c1-3-10-5-4-6-12(7-10)19-15(20)13-8-11(16)9-18-14(13)17-2/h4-9H,3H2,1-2H3,(H,17,18)(H,19,20). The maximum absolute atomic E-state index is 12.3. The number of hydrogen-bond acceptors (Lipinski definition) is 3. The van der Waals surface area contributed by atoms with Crippen molar-refractivity contribution in [1.29, 1.82) is 0 Å². The number of aryl methyl sites for hydroxylation is 1. The van der Waals surface area contributed by atoms with Crippen molar-refractivity contribution in [3.8, 4) is 0 Å². The van der Waals surface area contributed by atoms with Crippen LogP contribution < -0.4 is 10.6 Å². The molecule has 1 aromatic heterocycles. The summed E-state index contributed by atoms with van der Waals surface area (Å²) in [6.07, 6.45) is 2.59. The van der Waals surface area contributed by atoms with E-state index < -0.39 is 0 Å². The van der Waals surface area contributed by atoms with Crippen molar-refractivity contribution < 1.29 is 4.79 Å². The van der Waals surface area contributed by atoms with Crippen molar-refractivity contribution in [2.45, 2.75) is 13.3 Å². The number of nitrogens with one attached hydrogen (secondary N) is 2. The predicted octanol–water partition coefficient (Wildman–Crippen LogP) is 3.70. The molecular formula is C15H16BrN3O. The van der Waals surface area contributed by atoms with E-state index in [4.69, 9.17) is 0 Å². The van der Waals surface area contributed by atoms with Gasteiger partial charge in [-0.15, -0.1) is 0 Å². The lowest BCUT2D eigenvalue weighted by molar-refractivity contribution is 0.102. The molecule has 0 unspecified atom stereocenters. The second-order valence-electron chi connectivity index (χ2n) is 4.31. The number of anilines is 2. The molecule has 4 nitrogen and oxygen atoms in total. The number of halogens is 1. The lowest BCUT2D eigenvalue weighted by atomic mass is 10.1. The molecule has 1 heterocycles. The maximum atomic E-state index is 12.3. The van der Waals surface area contributed by atoms with Gasteiger partial charge in [-0.2, -0.15) is 0 Å². The van der Waals surface area contributed by atoms with Crippen molar-refractivity contribution in [3.05, 3.63) is 52.1 Å². The molecule has 0 spiro atoms. The molecule has 1 aromatic carbocycles. The summed E-state index contributed by atoms with van der Waals surface area (Å²) in [4.78, 5) is 16.5. The fourth-order valence-corrected chi connectivity index (χ4v) is 2.21. The van der Waals surface area contributed by atoms with Crippen LogP contribution in [0.2, 0.25) is 0 Å².